The fourth-order valence-electron chi connectivity index (χ4n) is 2.75. The molecule has 0 fully saturated rings. The molecule has 0 bridgehead atoms. The van der Waals surface area contributed by atoms with E-state index < -0.39 is 0 Å². The summed E-state index contributed by atoms with van der Waals surface area (Å²) >= 11 is 0. The number of hydrogen-bond acceptors (Lipinski definition) is 2. The second-order valence-corrected chi connectivity index (χ2v) is 4.88. The van der Waals surface area contributed by atoms with Crippen molar-refractivity contribution in [3.05, 3.63) is 35.5 Å². The zero-order valence-corrected chi connectivity index (χ0v) is 10.3. The lowest BCUT2D eigenvalue weighted by Crippen LogP contribution is -1.97. The van der Waals surface area contributed by atoms with E-state index in [1.807, 2.05) is 6.07 Å². The second-order valence-electron chi connectivity index (χ2n) is 4.88. The Labute approximate surface area is 102 Å². The Bertz CT molecular complexity index is 491. The Morgan fingerprint density at radius 1 is 1.06 bits per heavy atom. The van der Waals surface area contributed by atoms with E-state index in [4.69, 9.17) is 8.83 Å². The maximum atomic E-state index is 6.06. The zero-order chi connectivity index (χ0) is 11.7. The van der Waals surface area contributed by atoms with Gasteiger partial charge in [0.15, 0.2) is 0 Å². The van der Waals surface area contributed by atoms with Gasteiger partial charge in [-0.15, -0.1) is 0 Å². The van der Waals surface area contributed by atoms with Crippen LogP contribution in [0.15, 0.2) is 27.4 Å². The lowest BCUT2D eigenvalue weighted by atomic mass is 9.96. The van der Waals surface area contributed by atoms with Crippen LogP contribution < -0.4 is 0 Å². The van der Waals surface area contributed by atoms with Gasteiger partial charge in [0.25, 0.3) is 0 Å². The maximum Gasteiger partial charge on any atom is 0.140 e. The minimum atomic E-state index is 1.01. The molecule has 0 saturated carbocycles. The van der Waals surface area contributed by atoms with Gasteiger partial charge in [-0.2, -0.15) is 0 Å². The van der Waals surface area contributed by atoms with E-state index in [1.54, 1.807) is 12.5 Å². The SMILES string of the molecule is Cc1c(-c2ccoc2)oc2c1CCCCCC2. The number of rotatable bonds is 1. The summed E-state index contributed by atoms with van der Waals surface area (Å²) in [5.41, 5.74) is 3.82. The first kappa shape index (κ1) is 10.7. The Kier molecular flexibility index (Phi) is 2.79. The molecular weight excluding hydrogens is 212 g/mol. The van der Waals surface area contributed by atoms with E-state index in [1.165, 1.54) is 49.0 Å². The summed E-state index contributed by atoms with van der Waals surface area (Å²) in [7, 11) is 0. The molecule has 2 heteroatoms. The second kappa shape index (κ2) is 4.44. The van der Waals surface area contributed by atoms with Crippen molar-refractivity contribution in [1.29, 1.82) is 0 Å². The lowest BCUT2D eigenvalue weighted by molar-refractivity contribution is 0.486. The standard InChI is InChI=1S/C15H18O2/c1-11-13-6-4-2-3-5-7-14(13)17-15(11)12-8-9-16-10-12/h8-10H,2-7H2,1H3. The van der Waals surface area contributed by atoms with Crippen molar-refractivity contribution in [3.8, 4) is 11.3 Å². The highest BCUT2D eigenvalue weighted by atomic mass is 16.3. The molecule has 2 aromatic heterocycles. The smallest absolute Gasteiger partial charge is 0.140 e. The first-order valence-corrected chi connectivity index (χ1v) is 6.50. The average molecular weight is 230 g/mol. The molecule has 0 saturated heterocycles. The molecule has 0 aromatic carbocycles. The topological polar surface area (TPSA) is 26.3 Å². The molecule has 17 heavy (non-hydrogen) atoms. The Hall–Kier alpha value is -1.44. The predicted molar refractivity (Wildman–Crippen MR) is 67.0 cm³/mol. The van der Waals surface area contributed by atoms with Gasteiger partial charge in [0.1, 0.15) is 17.8 Å². The molecule has 0 spiro atoms. The fourth-order valence-corrected chi connectivity index (χ4v) is 2.75. The largest absolute Gasteiger partial charge is 0.472 e. The number of hydrogen-bond donors (Lipinski definition) is 0. The van der Waals surface area contributed by atoms with Crippen molar-refractivity contribution in [3.63, 3.8) is 0 Å². The molecule has 2 nitrogen and oxygen atoms in total. The molecule has 0 N–H and O–H groups in total. The van der Waals surface area contributed by atoms with Gasteiger partial charge in [-0.05, 0) is 43.4 Å². The van der Waals surface area contributed by atoms with Crippen LogP contribution in [0.5, 0.6) is 0 Å². The third-order valence-electron chi connectivity index (χ3n) is 3.72. The highest BCUT2D eigenvalue weighted by Crippen LogP contribution is 2.34. The highest BCUT2D eigenvalue weighted by molar-refractivity contribution is 5.62. The van der Waals surface area contributed by atoms with E-state index in [0.29, 0.717) is 0 Å². The van der Waals surface area contributed by atoms with Crippen molar-refractivity contribution < 1.29 is 8.83 Å². The molecule has 0 atom stereocenters. The van der Waals surface area contributed by atoms with Gasteiger partial charge in [-0.1, -0.05) is 12.8 Å². The molecule has 90 valence electrons. The molecule has 0 unspecified atom stereocenters. The van der Waals surface area contributed by atoms with Crippen LogP contribution in [0.2, 0.25) is 0 Å². The number of aryl methyl sites for hydroxylation is 1. The third kappa shape index (κ3) is 1.92. The van der Waals surface area contributed by atoms with E-state index in [0.717, 1.165) is 17.7 Å². The van der Waals surface area contributed by atoms with Crippen LogP contribution in [-0.4, -0.2) is 0 Å². The van der Waals surface area contributed by atoms with Gasteiger partial charge in [-0.3, -0.25) is 0 Å². The summed E-state index contributed by atoms with van der Waals surface area (Å²) in [6, 6.07) is 1.97. The summed E-state index contributed by atoms with van der Waals surface area (Å²) in [6.45, 7) is 2.17. The molecule has 3 rings (SSSR count). The molecule has 0 amide bonds. The van der Waals surface area contributed by atoms with Crippen molar-refractivity contribution in [2.45, 2.75) is 45.4 Å². The van der Waals surface area contributed by atoms with Crippen LogP contribution in [-0.2, 0) is 12.8 Å². The van der Waals surface area contributed by atoms with Gasteiger partial charge < -0.3 is 8.83 Å². The summed E-state index contributed by atoms with van der Waals surface area (Å²) in [6.07, 6.45) is 11.0. The van der Waals surface area contributed by atoms with Crippen molar-refractivity contribution in [1.82, 2.24) is 0 Å². The molecule has 1 aliphatic rings. The first-order chi connectivity index (χ1) is 8.36. The lowest BCUT2D eigenvalue weighted by Gasteiger charge is -2.08. The van der Waals surface area contributed by atoms with Crippen LogP contribution in [0.3, 0.4) is 0 Å². The summed E-state index contributed by atoms with van der Waals surface area (Å²) in [4.78, 5) is 0. The van der Waals surface area contributed by atoms with Gasteiger partial charge in [0.2, 0.25) is 0 Å². The van der Waals surface area contributed by atoms with Gasteiger partial charge in [-0.25, -0.2) is 0 Å². The molecular formula is C15H18O2. The number of fused-ring (bicyclic) bond motifs is 1. The van der Waals surface area contributed by atoms with Crippen LogP contribution in [0.4, 0.5) is 0 Å². The van der Waals surface area contributed by atoms with Crippen LogP contribution in [0, 0.1) is 6.92 Å². The zero-order valence-electron chi connectivity index (χ0n) is 10.3. The van der Waals surface area contributed by atoms with E-state index >= 15 is 0 Å². The molecule has 2 aromatic rings. The first-order valence-electron chi connectivity index (χ1n) is 6.50. The minimum absolute atomic E-state index is 1.01. The van der Waals surface area contributed by atoms with Crippen LogP contribution >= 0.6 is 0 Å². The van der Waals surface area contributed by atoms with E-state index in [2.05, 4.69) is 6.92 Å². The maximum absolute atomic E-state index is 6.06. The van der Waals surface area contributed by atoms with Crippen molar-refractivity contribution in [2.75, 3.05) is 0 Å². The molecule has 0 radical (unpaired) electrons. The molecule has 1 aliphatic carbocycles. The minimum Gasteiger partial charge on any atom is -0.472 e. The average Bonchev–Trinajstić information content (AvgIpc) is 2.88. The quantitative estimate of drug-likeness (QED) is 0.720. The van der Waals surface area contributed by atoms with Crippen LogP contribution in [0.1, 0.15) is 42.6 Å². The predicted octanol–water partition coefficient (Wildman–Crippen LogP) is 4.51. The monoisotopic (exact) mass is 230 g/mol. The Morgan fingerprint density at radius 2 is 1.88 bits per heavy atom. The van der Waals surface area contributed by atoms with Crippen LogP contribution in [0.25, 0.3) is 11.3 Å². The normalized spacial score (nSPS) is 16.3. The molecule has 0 aliphatic heterocycles. The Morgan fingerprint density at radius 3 is 2.65 bits per heavy atom. The number of furan rings is 2. The summed E-state index contributed by atoms with van der Waals surface area (Å²) in [5, 5.41) is 0. The van der Waals surface area contributed by atoms with Gasteiger partial charge in [0.05, 0.1) is 11.8 Å². The van der Waals surface area contributed by atoms with E-state index in [9.17, 15) is 0 Å². The Balaban J connectivity index is 2.04. The van der Waals surface area contributed by atoms with Crippen molar-refractivity contribution in [2.24, 2.45) is 0 Å². The fraction of sp³-hybridized carbons (Fsp3) is 0.467. The summed E-state index contributed by atoms with van der Waals surface area (Å²) < 4.78 is 11.2. The molecule has 2 heterocycles. The third-order valence-corrected chi connectivity index (χ3v) is 3.72. The summed E-state index contributed by atoms with van der Waals surface area (Å²) in [5.74, 6) is 2.21. The van der Waals surface area contributed by atoms with Gasteiger partial charge in [0, 0.05) is 6.42 Å². The highest BCUT2D eigenvalue weighted by Gasteiger charge is 2.19. The van der Waals surface area contributed by atoms with E-state index in [-0.39, 0.29) is 0 Å². The van der Waals surface area contributed by atoms with Gasteiger partial charge >= 0.3 is 0 Å². The van der Waals surface area contributed by atoms with Crippen molar-refractivity contribution >= 4 is 0 Å².